The van der Waals surface area contributed by atoms with Crippen molar-refractivity contribution >= 4 is 40.6 Å². The largest absolute Gasteiger partial charge is 0.372 e. The summed E-state index contributed by atoms with van der Waals surface area (Å²) in [6.07, 6.45) is 0.253. The van der Waals surface area contributed by atoms with Crippen LogP contribution in [-0.4, -0.2) is 51.5 Å². The van der Waals surface area contributed by atoms with Gasteiger partial charge in [-0.25, -0.2) is 0 Å². The van der Waals surface area contributed by atoms with E-state index in [2.05, 4.69) is 58.5 Å². The van der Waals surface area contributed by atoms with Crippen molar-refractivity contribution in [1.29, 1.82) is 0 Å². The van der Waals surface area contributed by atoms with Crippen LogP contribution >= 0.6 is 11.8 Å². The normalized spacial score (nSPS) is 15.5. The van der Waals surface area contributed by atoms with Crippen LogP contribution in [0.25, 0.3) is 11.4 Å². The summed E-state index contributed by atoms with van der Waals surface area (Å²) in [5, 5.41) is 12.2. The number of fused-ring (bicyclic) bond motifs is 1. The Hall–Kier alpha value is -3.33. The van der Waals surface area contributed by atoms with E-state index in [9.17, 15) is 9.59 Å². The van der Waals surface area contributed by atoms with Crippen LogP contribution in [0.1, 0.15) is 27.2 Å². The third kappa shape index (κ3) is 4.79. The van der Waals surface area contributed by atoms with Gasteiger partial charge in [0.1, 0.15) is 0 Å². The maximum absolute atomic E-state index is 13.3. The predicted molar refractivity (Wildman–Crippen MR) is 137 cm³/mol. The van der Waals surface area contributed by atoms with Crippen LogP contribution in [0.4, 0.5) is 17.1 Å². The zero-order valence-corrected chi connectivity index (χ0v) is 20.8. The maximum atomic E-state index is 13.3. The van der Waals surface area contributed by atoms with Crippen LogP contribution in [-0.2, 0) is 16.6 Å². The molecule has 1 atom stereocenters. The highest BCUT2D eigenvalue weighted by atomic mass is 32.2. The van der Waals surface area contributed by atoms with Crippen molar-refractivity contribution in [2.24, 2.45) is 7.05 Å². The van der Waals surface area contributed by atoms with Crippen molar-refractivity contribution in [2.45, 2.75) is 38.4 Å². The summed E-state index contributed by atoms with van der Waals surface area (Å²) in [4.78, 5) is 29.5. The van der Waals surface area contributed by atoms with Gasteiger partial charge < -0.3 is 19.7 Å². The molecule has 0 bridgehead atoms. The summed E-state index contributed by atoms with van der Waals surface area (Å²) in [7, 11) is 1.91. The molecule has 2 aromatic carbocycles. The first kappa shape index (κ1) is 23.8. The van der Waals surface area contributed by atoms with Gasteiger partial charge in [-0.3, -0.25) is 9.59 Å². The Morgan fingerprint density at radius 1 is 1.12 bits per heavy atom. The fraction of sp³-hybridized carbons (Fsp3) is 0.360. The van der Waals surface area contributed by atoms with Crippen molar-refractivity contribution in [2.75, 3.05) is 34.0 Å². The number of thioether (sulfide) groups is 1. The minimum absolute atomic E-state index is 0.0745. The number of rotatable bonds is 7. The number of anilines is 3. The maximum Gasteiger partial charge on any atom is 0.237 e. The van der Waals surface area contributed by atoms with E-state index in [1.165, 1.54) is 17.4 Å². The average Bonchev–Trinajstić information content (AvgIpc) is 3.13. The molecule has 1 unspecified atom stereocenters. The smallest absolute Gasteiger partial charge is 0.237 e. The summed E-state index contributed by atoms with van der Waals surface area (Å²) in [5.74, 6) is 0.784. The molecule has 0 spiro atoms. The van der Waals surface area contributed by atoms with Crippen LogP contribution < -0.4 is 15.1 Å². The molecule has 1 aliphatic rings. The molecule has 3 aromatic rings. The zero-order valence-electron chi connectivity index (χ0n) is 20.0. The highest BCUT2D eigenvalue weighted by Gasteiger charge is 2.29. The van der Waals surface area contributed by atoms with E-state index >= 15 is 0 Å². The second kappa shape index (κ2) is 10.3. The Morgan fingerprint density at radius 3 is 2.53 bits per heavy atom. The van der Waals surface area contributed by atoms with Gasteiger partial charge in [-0.15, -0.1) is 10.2 Å². The van der Waals surface area contributed by atoms with Crippen molar-refractivity contribution < 1.29 is 9.59 Å². The lowest BCUT2D eigenvalue weighted by atomic mass is 10.2. The first-order chi connectivity index (χ1) is 16.4. The number of amides is 2. The van der Waals surface area contributed by atoms with E-state index in [-0.39, 0.29) is 30.0 Å². The van der Waals surface area contributed by atoms with E-state index in [4.69, 9.17) is 0 Å². The lowest BCUT2D eigenvalue weighted by Gasteiger charge is -2.27. The van der Waals surface area contributed by atoms with Gasteiger partial charge in [-0.2, -0.15) is 0 Å². The molecule has 9 heteroatoms. The molecule has 0 saturated carbocycles. The van der Waals surface area contributed by atoms with Crippen LogP contribution in [0.2, 0.25) is 0 Å². The van der Waals surface area contributed by atoms with Gasteiger partial charge in [0.2, 0.25) is 11.8 Å². The first-order valence-corrected chi connectivity index (χ1v) is 12.5. The fourth-order valence-corrected chi connectivity index (χ4v) is 5.04. The highest BCUT2D eigenvalue weighted by Crippen LogP contribution is 2.32. The van der Waals surface area contributed by atoms with Gasteiger partial charge in [-0.05, 0) is 57.2 Å². The van der Waals surface area contributed by atoms with Crippen LogP contribution in [0, 0.1) is 0 Å². The lowest BCUT2D eigenvalue weighted by molar-refractivity contribution is -0.117. The summed E-state index contributed by atoms with van der Waals surface area (Å²) >= 11 is 1.35. The molecule has 0 radical (unpaired) electrons. The first-order valence-electron chi connectivity index (χ1n) is 11.5. The Kier molecular flexibility index (Phi) is 7.21. The molecule has 1 aromatic heterocycles. The number of benzene rings is 2. The Labute approximate surface area is 204 Å². The third-order valence-corrected chi connectivity index (χ3v) is 7.05. The number of nitrogens with one attached hydrogen (secondary N) is 1. The average molecular weight is 479 g/mol. The second-order valence-electron chi connectivity index (χ2n) is 8.26. The minimum Gasteiger partial charge on any atom is -0.372 e. The number of aromatic nitrogens is 3. The Balaban J connectivity index is 1.49. The molecular formula is C25H30N6O2S. The molecule has 4 rings (SSSR count). The molecule has 0 saturated heterocycles. The van der Waals surface area contributed by atoms with Crippen molar-refractivity contribution in [3.63, 3.8) is 0 Å². The van der Waals surface area contributed by atoms with Gasteiger partial charge in [0.25, 0.3) is 0 Å². The molecule has 34 heavy (non-hydrogen) atoms. The summed E-state index contributed by atoms with van der Waals surface area (Å²) < 4.78 is 1.91. The van der Waals surface area contributed by atoms with Crippen molar-refractivity contribution in [3.8, 4) is 11.4 Å². The molecular weight excluding hydrogens is 448 g/mol. The number of hydrogen-bond acceptors (Lipinski definition) is 6. The highest BCUT2D eigenvalue weighted by molar-refractivity contribution is 7.99. The van der Waals surface area contributed by atoms with Crippen LogP contribution in [0.3, 0.4) is 0 Å². The van der Waals surface area contributed by atoms with Crippen molar-refractivity contribution in [3.05, 3.63) is 48.5 Å². The Bertz CT molecular complexity index is 1170. The fourth-order valence-electron chi connectivity index (χ4n) is 4.27. The lowest BCUT2D eigenvalue weighted by Crippen LogP contribution is -2.40. The van der Waals surface area contributed by atoms with E-state index in [0.717, 1.165) is 30.2 Å². The van der Waals surface area contributed by atoms with Gasteiger partial charge in [-0.1, -0.05) is 23.9 Å². The van der Waals surface area contributed by atoms with Gasteiger partial charge >= 0.3 is 0 Å². The van der Waals surface area contributed by atoms with Gasteiger partial charge in [0, 0.05) is 43.9 Å². The number of para-hydroxylation sites is 2. The summed E-state index contributed by atoms with van der Waals surface area (Å²) in [6, 6.07) is 15.5. The minimum atomic E-state index is -0.240. The Morgan fingerprint density at radius 2 is 1.82 bits per heavy atom. The molecule has 178 valence electrons. The third-order valence-electron chi connectivity index (χ3n) is 6.04. The van der Waals surface area contributed by atoms with Gasteiger partial charge in [0.15, 0.2) is 11.0 Å². The van der Waals surface area contributed by atoms with E-state index in [1.807, 2.05) is 42.8 Å². The molecule has 1 aliphatic heterocycles. The number of carbonyl (C=O) groups is 2. The second-order valence-corrected chi connectivity index (χ2v) is 9.20. The van der Waals surface area contributed by atoms with Crippen LogP contribution in [0.15, 0.2) is 53.7 Å². The molecule has 0 fully saturated rings. The summed E-state index contributed by atoms with van der Waals surface area (Å²) in [5.41, 5.74) is 3.53. The van der Waals surface area contributed by atoms with Crippen LogP contribution in [0.5, 0.6) is 0 Å². The number of carbonyl (C=O) groups excluding carboxylic acids is 2. The summed E-state index contributed by atoms with van der Waals surface area (Å²) in [6.45, 7) is 8.10. The molecule has 8 nitrogen and oxygen atoms in total. The SMILES string of the molecule is CCN(CC)c1ccc(-c2nnc(SCC(=O)N3c4ccccc4NC(=O)CC3C)n2C)cc1. The predicted octanol–water partition coefficient (Wildman–Crippen LogP) is 4.18. The quantitative estimate of drug-likeness (QED) is 0.513. The number of hydrogen-bond donors (Lipinski definition) is 1. The molecule has 2 amide bonds. The zero-order chi connectivity index (χ0) is 24.2. The van der Waals surface area contributed by atoms with E-state index < -0.39 is 0 Å². The van der Waals surface area contributed by atoms with Crippen molar-refractivity contribution in [1.82, 2.24) is 14.8 Å². The van der Waals surface area contributed by atoms with E-state index in [1.54, 1.807) is 4.90 Å². The topological polar surface area (TPSA) is 83.4 Å². The van der Waals surface area contributed by atoms with E-state index in [0.29, 0.717) is 10.8 Å². The number of nitrogens with zero attached hydrogens (tertiary/aromatic N) is 5. The molecule has 2 heterocycles. The standard InChI is InChI=1S/C25H30N6O2S/c1-5-30(6-2)19-13-11-18(12-14-19)24-27-28-25(29(24)4)34-16-23(33)31-17(3)15-22(32)26-20-9-7-8-10-21(20)31/h7-14,17H,5-6,15-16H2,1-4H3,(H,26,32). The monoisotopic (exact) mass is 478 g/mol. The molecule has 0 aliphatic carbocycles. The molecule has 1 N–H and O–H groups in total. The van der Waals surface area contributed by atoms with Gasteiger partial charge in [0.05, 0.1) is 17.1 Å².